The lowest BCUT2D eigenvalue weighted by Crippen LogP contribution is -2.25. The molecule has 0 saturated heterocycles. The molecule has 1 aromatic heterocycles. The van der Waals surface area contributed by atoms with Gasteiger partial charge in [0.25, 0.3) is 0 Å². The number of aromatic nitrogens is 3. The molecule has 0 unspecified atom stereocenters. The zero-order valence-corrected chi connectivity index (χ0v) is 12.9. The van der Waals surface area contributed by atoms with E-state index in [2.05, 4.69) is 30.9 Å². The van der Waals surface area contributed by atoms with Crippen LogP contribution >= 0.6 is 0 Å². The molecule has 1 aromatic rings. The highest BCUT2D eigenvalue weighted by molar-refractivity contribution is 5.43. The van der Waals surface area contributed by atoms with Gasteiger partial charge in [-0.25, -0.2) is 0 Å². The molecule has 4 N–H and O–H groups in total. The molecule has 0 saturated carbocycles. The van der Waals surface area contributed by atoms with E-state index in [4.69, 9.17) is 0 Å². The lowest BCUT2D eigenvalue weighted by molar-refractivity contribution is 0.271. The second-order valence-corrected chi connectivity index (χ2v) is 5.34. The van der Waals surface area contributed by atoms with Gasteiger partial charge in [0, 0.05) is 12.1 Å². The molecule has 1 heterocycles. The molecular weight excluding hydrogens is 256 g/mol. The fourth-order valence-corrected chi connectivity index (χ4v) is 1.55. The second kappa shape index (κ2) is 7.84. The van der Waals surface area contributed by atoms with E-state index >= 15 is 0 Å². The number of nitrogens with zero attached hydrogens (tertiary/aromatic N) is 3. The SMILES string of the molecule is CC[C@@H](CO)Nc1nc(NC(C)C)nc(NC(C)C)n1. The maximum absolute atomic E-state index is 9.25. The summed E-state index contributed by atoms with van der Waals surface area (Å²) in [4.78, 5) is 13.0. The molecule has 0 spiro atoms. The Morgan fingerprint density at radius 3 is 1.55 bits per heavy atom. The summed E-state index contributed by atoms with van der Waals surface area (Å²) < 4.78 is 0. The minimum absolute atomic E-state index is 0.0437. The van der Waals surface area contributed by atoms with Crippen molar-refractivity contribution >= 4 is 17.8 Å². The van der Waals surface area contributed by atoms with Gasteiger partial charge < -0.3 is 21.1 Å². The molecule has 1 atom stereocenters. The minimum atomic E-state index is -0.0591. The normalized spacial score (nSPS) is 12.6. The summed E-state index contributed by atoms with van der Waals surface area (Å²) in [5, 5.41) is 18.7. The van der Waals surface area contributed by atoms with Crippen molar-refractivity contribution in [2.75, 3.05) is 22.6 Å². The molecule has 0 radical (unpaired) electrons. The van der Waals surface area contributed by atoms with Crippen LogP contribution in [0.1, 0.15) is 41.0 Å². The van der Waals surface area contributed by atoms with Crippen LogP contribution in [0.5, 0.6) is 0 Å². The van der Waals surface area contributed by atoms with E-state index in [-0.39, 0.29) is 24.7 Å². The van der Waals surface area contributed by atoms with Crippen molar-refractivity contribution in [2.45, 2.75) is 59.2 Å². The number of aliphatic hydroxyl groups excluding tert-OH is 1. The zero-order chi connectivity index (χ0) is 15.1. The van der Waals surface area contributed by atoms with E-state index < -0.39 is 0 Å². The number of rotatable bonds is 8. The van der Waals surface area contributed by atoms with Gasteiger partial charge >= 0.3 is 0 Å². The topological polar surface area (TPSA) is 95.0 Å². The maximum Gasteiger partial charge on any atom is 0.229 e. The van der Waals surface area contributed by atoms with Gasteiger partial charge in [0.2, 0.25) is 17.8 Å². The summed E-state index contributed by atoms with van der Waals surface area (Å²) in [6.07, 6.45) is 0.794. The first-order valence-corrected chi connectivity index (χ1v) is 7.11. The number of aliphatic hydroxyl groups is 1. The quantitative estimate of drug-likeness (QED) is 0.576. The molecule has 0 fully saturated rings. The van der Waals surface area contributed by atoms with E-state index in [0.29, 0.717) is 17.8 Å². The first kappa shape index (κ1) is 16.4. The van der Waals surface area contributed by atoms with Gasteiger partial charge in [0.15, 0.2) is 0 Å². The van der Waals surface area contributed by atoms with Crippen LogP contribution in [0.4, 0.5) is 17.8 Å². The highest BCUT2D eigenvalue weighted by atomic mass is 16.3. The molecule has 1 rings (SSSR count). The van der Waals surface area contributed by atoms with Crippen LogP contribution < -0.4 is 16.0 Å². The molecule has 7 heteroatoms. The Balaban J connectivity index is 2.96. The molecular formula is C13H26N6O. The van der Waals surface area contributed by atoms with Crippen molar-refractivity contribution in [3.8, 4) is 0 Å². The summed E-state index contributed by atoms with van der Waals surface area (Å²) >= 11 is 0. The Morgan fingerprint density at radius 1 is 0.850 bits per heavy atom. The van der Waals surface area contributed by atoms with Crippen LogP contribution in [-0.2, 0) is 0 Å². The van der Waals surface area contributed by atoms with Gasteiger partial charge in [-0.05, 0) is 34.1 Å². The van der Waals surface area contributed by atoms with E-state index in [0.717, 1.165) is 6.42 Å². The minimum Gasteiger partial charge on any atom is -0.394 e. The Kier molecular flexibility index (Phi) is 6.44. The van der Waals surface area contributed by atoms with Gasteiger partial charge in [0.1, 0.15) is 0 Å². The molecule has 0 aliphatic carbocycles. The van der Waals surface area contributed by atoms with E-state index in [9.17, 15) is 5.11 Å². The molecule has 114 valence electrons. The first-order valence-electron chi connectivity index (χ1n) is 7.11. The van der Waals surface area contributed by atoms with E-state index in [1.807, 2.05) is 34.6 Å². The number of nitrogens with one attached hydrogen (secondary N) is 3. The lowest BCUT2D eigenvalue weighted by Gasteiger charge is -2.17. The van der Waals surface area contributed by atoms with Crippen LogP contribution in [0.3, 0.4) is 0 Å². The highest BCUT2D eigenvalue weighted by Crippen LogP contribution is 2.12. The number of hydrogen-bond donors (Lipinski definition) is 4. The largest absolute Gasteiger partial charge is 0.394 e. The molecule has 20 heavy (non-hydrogen) atoms. The average Bonchev–Trinajstić information content (AvgIpc) is 2.33. The highest BCUT2D eigenvalue weighted by Gasteiger charge is 2.11. The lowest BCUT2D eigenvalue weighted by atomic mass is 10.2. The van der Waals surface area contributed by atoms with Gasteiger partial charge in [-0.1, -0.05) is 6.92 Å². The number of anilines is 3. The smallest absolute Gasteiger partial charge is 0.229 e. The molecule has 0 aromatic carbocycles. The van der Waals surface area contributed by atoms with Crippen molar-refractivity contribution in [3.05, 3.63) is 0 Å². The maximum atomic E-state index is 9.25. The monoisotopic (exact) mass is 282 g/mol. The van der Waals surface area contributed by atoms with Crippen LogP contribution in [0.25, 0.3) is 0 Å². The predicted molar refractivity (Wildman–Crippen MR) is 82.1 cm³/mol. The van der Waals surface area contributed by atoms with Crippen molar-refractivity contribution in [3.63, 3.8) is 0 Å². The van der Waals surface area contributed by atoms with Crippen molar-refractivity contribution in [2.24, 2.45) is 0 Å². The summed E-state index contributed by atoms with van der Waals surface area (Å²) in [5.41, 5.74) is 0. The fourth-order valence-electron chi connectivity index (χ4n) is 1.55. The molecule has 7 nitrogen and oxygen atoms in total. The van der Waals surface area contributed by atoms with Crippen LogP contribution in [0.15, 0.2) is 0 Å². The summed E-state index contributed by atoms with van der Waals surface area (Å²) in [7, 11) is 0. The zero-order valence-electron chi connectivity index (χ0n) is 12.9. The second-order valence-electron chi connectivity index (χ2n) is 5.34. The van der Waals surface area contributed by atoms with E-state index in [1.54, 1.807) is 0 Å². The van der Waals surface area contributed by atoms with Crippen molar-refractivity contribution in [1.82, 2.24) is 15.0 Å². The van der Waals surface area contributed by atoms with E-state index in [1.165, 1.54) is 0 Å². The molecule has 0 amide bonds. The van der Waals surface area contributed by atoms with Gasteiger partial charge in [-0.2, -0.15) is 15.0 Å². The van der Waals surface area contributed by atoms with Crippen LogP contribution in [0.2, 0.25) is 0 Å². The van der Waals surface area contributed by atoms with Gasteiger partial charge in [-0.15, -0.1) is 0 Å². The third-order valence-corrected chi connectivity index (χ3v) is 2.52. The van der Waals surface area contributed by atoms with Crippen molar-refractivity contribution < 1.29 is 5.11 Å². The third-order valence-electron chi connectivity index (χ3n) is 2.52. The Hall–Kier alpha value is -1.63. The Bertz CT molecular complexity index is 378. The van der Waals surface area contributed by atoms with Gasteiger partial charge in [-0.3, -0.25) is 0 Å². The average molecular weight is 282 g/mol. The standard InChI is InChI=1S/C13H26N6O/c1-6-10(7-20)16-13-18-11(14-8(2)3)17-12(19-13)15-9(4)5/h8-10,20H,6-7H2,1-5H3,(H3,14,15,16,17,18,19)/t10-/m0/s1. The summed E-state index contributed by atoms with van der Waals surface area (Å²) in [6.45, 7) is 10.1. The molecule has 0 aliphatic heterocycles. The molecule has 0 aliphatic rings. The number of hydrogen-bond acceptors (Lipinski definition) is 7. The summed E-state index contributed by atoms with van der Waals surface area (Å²) in [5.74, 6) is 1.51. The van der Waals surface area contributed by atoms with Crippen molar-refractivity contribution in [1.29, 1.82) is 0 Å². The van der Waals surface area contributed by atoms with Crippen LogP contribution in [-0.4, -0.2) is 44.8 Å². The van der Waals surface area contributed by atoms with Crippen LogP contribution in [0, 0.1) is 0 Å². The Labute approximate surface area is 120 Å². The van der Waals surface area contributed by atoms with Gasteiger partial charge in [0.05, 0.1) is 12.6 Å². The first-order chi connectivity index (χ1) is 9.44. The molecule has 0 bridgehead atoms. The third kappa shape index (κ3) is 5.56. The predicted octanol–water partition coefficient (Wildman–Crippen LogP) is 1.69. The summed E-state index contributed by atoms with van der Waals surface area (Å²) in [6, 6.07) is 0.408. The fraction of sp³-hybridized carbons (Fsp3) is 0.769. The Morgan fingerprint density at radius 2 is 1.25 bits per heavy atom.